The minimum atomic E-state index is -1.03. The molecule has 0 aliphatic carbocycles. The van der Waals surface area contributed by atoms with Gasteiger partial charge in [-0.1, -0.05) is 35.9 Å². The van der Waals surface area contributed by atoms with Crippen LogP contribution >= 0.6 is 0 Å². The molecule has 112 valence electrons. The van der Waals surface area contributed by atoms with Gasteiger partial charge in [-0.15, -0.1) is 6.58 Å². The van der Waals surface area contributed by atoms with Crippen LogP contribution in [-0.4, -0.2) is 15.0 Å². The highest BCUT2D eigenvalue weighted by Gasteiger charge is 2.22. The van der Waals surface area contributed by atoms with Crippen LogP contribution in [0.2, 0.25) is 0 Å². The molecule has 0 aromatic heterocycles. The van der Waals surface area contributed by atoms with Gasteiger partial charge in [0.15, 0.2) is 0 Å². The zero-order valence-corrected chi connectivity index (χ0v) is 13.9. The SMILES string of the molecule is C=C(C)C[C@@H](CCc1ccccc1)N[S@](=O)C(C)(C)C. The Morgan fingerprint density at radius 1 is 1.30 bits per heavy atom. The molecule has 1 aromatic rings. The molecule has 0 unspecified atom stereocenters. The van der Waals surface area contributed by atoms with E-state index in [0.717, 1.165) is 24.8 Å². The molecule has 0 saturated heterocycles. The van der Waals surface area contributed by atoms with Gasteiger partial charge in [-0.3, -0.25) is 0 Å². The topological polar surface area (TPSA) is 29.1 Å². The second kappa shape index (κ2) is 7.75. The summed E-state index contributed by atoms with van der Waals surface area (Å²) in [6, 6.07) is 10.6. The normalized spacial score (nSPS) is 14.8. The fourth-order valence-electron chi connectivity index (χ4n) is 1.94. The second-order valence-corrected chi connectivity index (χ2v) is 8.38. The van der Waals surface area contributed by atoms with Gasteiger partial charge in [0.2, 0.25) is 0 Å². The standard InChI is InChI=1S/C17H27NOS/c1-14(2)13-16(18-20(19)17(3,4)5)12-11-15-9-7-6-8-10-15/h6-10,16,18H,1,11-13H2,2-5H3/t16-,20-/m1/s1. The molecule has 0 fully saturated rings. The third kappa shape index (κ3) is 6.49. The van der Waals surface area contributed by atoms with E-state index in [2.05, 4.69) is 35.6 Å². The van der Waals surface area contributed by atoms with E-state index in [0.29, 0.717) is 0 Å². The Labute approximate surface area is 126 Å². The molecule has 0 heterocycles. The average Bonchev–Trinajstić information content (AvgIpc) is 2.35. The predicted molar refractivity (Wildman–Crippen MR) is 89.0 cm³/mol. The summed E-state index contributed by atoms with van der Waals surface area (Å²) in [4.78, 5) is 0. The summed E-state index contributed by atoms with van der Waals surface area (Å²) >= 11 is 0. The van der Waals surface area contributed by atoms with E-state index < -0.39 is 11.0 Å². The van der Waals surface area contributed by atoms with Crippen molar-refractivity contribution >= 4 is 11.0 Å². The first-order chi connectivity index (χ1) is 9.29. The van der Waals surface area contributed by atoms with Crippen LogP contribution in [0.15, 0.2) is 42.5 Å². The summed E-state index contributed by atoms with van der Waals surface area (Å²) < 4.78 is 15.3. The maximum atomic E-state index is 12.2. The smallest absolute Gasteiger partial charge is 0.0972 e. The van der Waals surface area contributed by atoms with Crippen molar-refractivity contribution in [2.45, 2.75) is 57.7 Å². The summed E-state index contributed by atoms with van der Waals surface area (Å²) in [7, 11) is -1.03. The van der Waals surface area contributed by atoms with Crippen LogP contribution in [0.5, 0.6) is 0 Å². The number of rotatable bonds is 7. The van der Waals surface area contributed by atoms with Gasteiger partial charge in [-0.05, 0) is 52.5 Å². The van der Waals surface area contributed by atoms with Crippen LogP contribution in [0.3, 0.4) is 0 Å². The van der Waals surface area contributed by atoms with Crippen LogP contribution in [0.4, 0.5) is 0 Å². The molecule has 2 atom stereocenters. The lowest BCUT2D eigenvalue weighted by molar-refractivity contribution is 0.546. The molecule has 0 saturated carbocycles. The maximum Gasteiger partial charge on any atom is 0.0972 e. The lowest BCUT2D eigenvalue weighted by Gasteiger charge is -2.24. The molecular formula is C17H27NOS. The van der Waals surface area contributed by atoms with E-state index in [1.165, 1.54) is 5.56 Å². The van der Waals surface area contributed by atoms with Gasteiger partial charge in [0.25, 0.3) is 0 Å². The summed E-state index contributed by atoms with van der Waals surface area (Å²) in [6.07, 6.45) is 2.83. The first-order valence-corrected chi connectivity index (χ1v) is 8.30. The molecule has 0 amide bonds. The summed E-state index contributed by atoms with van der Waals surface area (Å²) in [5.41, 5.74) is 2.45. The molecule has 0 aliphatic rings. The van der Waals surface area contributed by atoms with Crippen LogP contribution in [0, 0.1) is 0 Å². The summed E-state index contributed by atoms with van der Waals surface area (Å²) in [5, 5.41) is 0. The van der Waals surface area contributed by atoms with E-state index in [1.54, 1.807) is 0 Å². The van der Waals surface area contributed by atoms with Crippen molar-refractivity contribution in [1.29, 1.82) is 0 Å². The van der Waals surface area contributed by atoms with Gasteiger partial charge in [0, 0.05) is 6.04 Å². The Balaban J connectivity index is 2.60. The molecule has 20 heavy (non-hydrogen) atoms. The van der Waals surface area contributed by atoms with Crippen molar-refractivity contribution in [3.63, 3.8) is 0 Å². The van der Waals surface area contributed by atoms with Gasteiger partial charge < -0.3 is 0 Å². The van der Waals surface area contributed by atoms with E-state index in [1.807, 2.05) is 33.8 Å². The Kier molecular flexibility index (Phi) is 6.63. The monoisotopic (exact) mass is 293 g/mol. The number of nitrogens with one attached hydrogen (secondary N) is 1. The molecule has 2 nitrogen and oxygen atoms in total. The van der Waals surface area contributed by atoms with Crippen molar-refractivity contribution in [1.82, 2.24) is 4.72 Å². The number of aryl methyl sites for hydroxylation is 1. The molecule has 0 bridgehead atoms. The van der Waals surface area contributed by atoms with Crippen LogP contribution in [-0.2, 0) is 17.4 Å². The lowest BCUT2D eigenvalue weighted by atomic mass is 10.0. The van der Waals surface area contributed by atoms with Crippen LogP contribution in [0.1, 0.15) is 46.1 Å². The fraction of sp³-hybridized carbons (Fsp3) is 0.529. The van der Waals surface area contributed by atoms with Gasteiger partial charge in [-0.2, -0.15) is 0 Å². The van der Waals surface area contributed by atoms with Crippen LogP contribution in [0.25, 0.3) is 0 Å². The Hall–Kier alpha value is -0.930. The van der Waals surface area contributed by atoms with Gasteiger partial charge in [-0.25, -0.2) is 8.93 Å². The van der Waals surface area contributed by atoms with E-state index in [4.69, 9.17) is 0 Å². The highest BCUT2D eigenvalue weighted by molar-refractivity contribution is 7.84. The van der Waals surface area contributed by atoms with Crippen molar-refractivity contribution in [2.75, 3.05) is 0 Å². The molecular weight excluding hydrogens is 266 g/mol. The fourth-order valence-corrected chi connectivity index (χ4v) is 2.79. The zero-order chi connectivity index (χ0) is 15.2. The first kappa shape index (κ1) is 17.1. The van der Waals surface area contributed by atoms with E-state index in [9.17, 15) is 4.21 Å². The Morgan fingerprint density at radius 2 is 1.90 bits per heavy atom. The molecule has 0 spiro atoms. The minimum Gasteiger partial charge on any atom is -0.242 e. The Morgan fingerprint density at radius 3 is 2.40 bits per heavy atom. The summed E-state index contributed by atoms with van der Waals surface area (Å²) in [6.45, 7) is 12.0. The number of hydrogen-bond donors (Lipinski definition) is 1. The third-order valence-corrected chi connectivity index (χ3v) is 4.71. The highest BCUT2D eigenvalue weighted by Crippen LogP contribution is 2.15. The predicted octanol–water partition coefficient (Wildman–Crippen LogP) is 4.01. The van der Waals surface area contributed by atoms with Crippen molar-refractivity contribution in [2.24, 2.45) is 0 Å². The van der Waals surface area contributed by atoms with E-state index in [-0.39, 0.29) is 10.8 Å². The number of benzene rings is 1. The second-order valence-electron chi connectivity index (χ2n) is 6.38. The van der Waals surface area contributed by atoms with Gasteiger partial charge in [0.1, 0.15) is 0 Å². The molecule has 0 radical (unpaired) electrons. The summed E-state index contributed by atoms with van der Waals surface area (Å²) in [5.74, 6) is 0. The lowest BCUT2D eigenvalue weighted by Crippen LogP contribution is -2.40. The van der Waals surface area contributed by atoms with Crippen molar-refractivity contribution < 1.29 is 4.21 Å². The quantitative estimate of drug-likeness (QED) is 0.756. The van der Waals surface area contributed by atoms with E-state index >= 15 is 0 Å². The zero-order valence-electron chi connectivity index (χ0n) is 13.1. The molecule has 0 aliphatic heterocycles. The average molecular weight is 293 g/mol. The highest BCUT2D eigenvalue weighted by atomic mass is 32.2. The van der Waals surface area contributed by atoms with Crippen LogP contribution < -0.4 is 4.72 Å². The Bertz CT molecular complexity index is 448. The van der Waals surface area contributed by atoms with Gasteiger partial charge in [0.05, 0.1) is 15.7 Å². The minimum absolute atomic E-state index is 0.216. The van der Waals surface area contributed by atoms with Crippen molar-refractivity contribution in [3.8, 4) is 0 Å². The number of hydrogen-bond acceptors (Lipinski definition) is 1. The largest absolute Gasteiger partial charge is 0.242 e. The van der Waals surface area contributed by atoms with Crippen molar-refractivity contribution in [3.05, 3.63) is 48.0 Å². The molecule has 1 aromatic carbocycles. The molecule has 3 heteroatoms. The molecule has 1 rings (SSSR count). The first-order valence-electron chi connectivity index (χ1n) is 7.15. The van der Waals surface area contributed by atoms with Gasteiger partial charge >= 0.3 is 0 Å². The molecule has 1 N–H and O–H groups in total. The third-order valence-electron chi connectivity index (χ3n) is 3.05. The maximum absolute atomic E-state index is 12.2.